The maximum absolute atomic E-state index is 11.8. The standard InChI is InChI=1S/C18H28N4O2/c1-4-17(23)22-9-8-16(12-22)21-18(19-2)20-11-14-6-5-7-15(10-14)13-24-3/h5-7,10,16H,4,8-9,11-13H2,1-3H3,(H2,19,20,21). The first kappa shape index (κ1) is 18.3. The quantitative estimate of drug-likeness (QED) is 0.612. The minimum atomic E-state index is 0.220. The van der Waals surface area contributed by atoms with Gasteiger partial charge < -0.3 is 20.3 Å². The number of hydrogen-bond acceptors (Lipinski definition) is 3. The number of ether oxygens (including phenoxy) is 1. The van der Waals surface area contributed by atoms with E-state index in [1.54, 1.807) is 14.2 Å². The van der Waals surface area contributed by atoms with Crippen molar-refractivity contribution in [2.45, 2.75) is 39.0 Å². The van der Waals surface area contributed by atoms with Gasteiger partial charge in [0.1, 0.15) is 0 Å². The first-order valence-electron chi connectivity index (χ1n) is 8.48. The molecule has 6 nitrogen and oxygen atoms in total. The van der Waals surface area contributed by atoms with E-state index in [0.717, 1.165) is 31.0 Å². The zero-order valence-corrected chi connectivity index (χ0v) is 14.8. The molecule has 132 valence electrons. The third-order valence-electron chi connectivity index (χ3n) is 4.17. The zero-order chi connectivity index (χ0) is 17.4. The molecule has 0 radical (unpaired) electrons. The fourth-order valence-corrected chi connectivity index (χ4v) is 2.90. The maximum Gasteiger partial charge on any atom is 0.222 e. The van der Waals surface area contributed by atoms with E-state index < -0.39 is 0 Å². The third-order valence-corrected chi connectivity index (χ3v) is 4.17. The molecule has 1 unspecified atom stereocenters. The van der Waals surface area contributed by atoms with E-state index in [1.807, 2.05) is 17.9 Å². The van der Waals surface area contributed by atoms with Crippen molar-refractivity contribution in [2.24, 2.45) is 4.99 Å². The van der Waals surface area contributed by atoms with Gasteiger partial charge in [-0.2, -0.15) is 0 Å². The summed E-state index contributed by atoms with van der Waals surface area (Å²) in [6.07, 6.45) is 1.52. The molecule has 1 atom stereocenters. The zero-order valence-electron chi connectivity index (χ0n) is 14.8. The Morgan fingerprint density at radius 2 is 2.21 bits per heavy atom. The van der Waals surface area contributed by atoms with E-state index in [0.29, 0.717) is 19.6 Å². The van der Waals surface area contributed by atoms with Crippen LogP contribution in [0, 0.1) is 0 Å². The van der Waals surface area contributed by atoms with Crippen LogP contribution in [0.2, 0.25) is 0 Å². The van der Waals surface area contributed by atoms with Crippen molar-refractivity contribution < 1.29 is 9.53 Å². The number of methoxy groups -OCH3 is 1. The number of guanidine groups is 1. The number of benzene rings is 1. The lowest BCUT2D eigenvalue weighted by atomic mass is 10.1. The summed E-state index contributed by atoms with van der Waals surface area (Å²) in [4.78, 5) is 18.0. The Kier molecular flexibility index (Phi) is 7.06. The van der Waals surface area contributed by atoms with Crippen molar-refractivity contribution in [3.05, 3.63) is 35.4 Å². The van der Waals surface area contributed by atoms with Crippen LogP contribution >= 0.6 is 0 Å². The van der Waals surface area contributed by atoms with Gasteiger partial charge in [0.15, 0.2) is 5.96 Å². The molecule has 0 saturated carbocycles. The summed E-state index contributed by atoms with van der Waals surface area (Å²) in [6, 6.07) is 8.55. The number of carbonyl (C=O) groups excluding carboxylic acids is 1. The number of nitrogens with zero attached hydrogens (tertiary/aromatic N) is 2. The molecule has 0 aliphatic carbocycles. The Morgan fingerprint density at radius 1 is 1.42 bits per heavy atom. The Morgan fingerprint density at radius 3 is 2.92 bits per heavy atom. The molecule has 1 heterocycles. The monoisotopic (exact) mass is 332 g/mol. The van der Waals surface area contributed by atoms with Crippen LogP contribution in [-0.2, 0) is 22.7 Å². The molecule has 1 aromatic rings. The Hall–Kier alpha value is -2.08. The number of nitrogens with one attached hydrogen (secondary N) is 2. The Balaban J connectivity index is 1.83. The first-order chi connectivity index (χ1) is 11.7. The topological polar surface area (TPSA) is 66.0 Å². The van der Waals surface area contributed by atoms with Crippen molar-refractivity contribution >= 4 is 11.9 Å². The fourth-order valence-electron chi connectivity index (χ4n) is 2.90. The molecule has 1 amide bonds. The van der Waals surface area contributed by atoms with Gasteiger partial charge in [-0.15, -0.1) is 0 Å². The molecular weight excluding hydrogens is 304 g/mol. The van der Waals surface area contributed by atoms with Gasteiger partial charge in [-0.3, -0.25) is 9.79 Å². The van der Waals surface area contributed by atoms with Crippen LogP contribution in [0.4, 0.5) is 0 Å². The van der Waals surface area contributed by atoms with Gasteiger partial charge in [0.05, 0.1) is 6.61 Å². The molecule has 6 heteroatoms. The predicted molar refractivity (Wildman–Crippen MR) is 95.8 cm³/mol. The van der Waals surface area contributed by atoms with Crippen molar-refractivity contribution in [2.75, 3.05) is 27.2 Å². The SMILES string of the molecule is CCC(=O)N1CCC(NC(=NC)NCc2cccc(COC)c2)C1. The van der Waals surface area contributed by atoms with Crippen LogP contribution in [-0.4, -0.2) is 50.1 Å². The lowest BCUT2D eigenvalue weighted by molar-refractivity contribution is -0.129. The Labute approximate surface area is 144 Å². The molecule has 1 aliphatic heterocycles. The minimum absolute atomic E-state index is 0.220. The molecule has 1 aliphatic rings. The van der Waals surface area contributed by atoms with Crippen LogP contribution in [0.1, 0.15) is 30.9 Å². The molecule has 0 spiro atoms. The summed E-state index contributed by atoms with van der Waals surface area (Å²) in [5.74, 6) is 0.986. The number of amides is 1. The van der Waals surface area contributed by atoms with E-state index in [-0.39, 0.29) is 11.9 Å². The average Bonchev–Trinajstić information content (AvgIpc) is 3.07. The Bertz CT molecular complexity index is 574. The second kappa shape index (κ2) is 9.27. The number of carbonyl (C=O) groups is 1. The molecule has 1 fully saturated rings. The van der Waals surface area contributed by atoms with Crippen LogP contribution < -0.4 is 10.6 Å². The van der Waals surface area contributed by atoms with E-state index in [2.05, 4.69) is 33.8 Å². The highest BCUT2D eigenvalue weighted by atomic mass is 16.5. The molecule has 2 N–H and O–H groups in total. The summed E-state index contributed by atoms with van der Waals surface area (Å²) in [6.45, 7) is 4.78. The first-order valence-corrected chi connectivity index (χ1v) is 8.48. The lowest BCUT2D eigenvalue weighted by Crippen LogP contribution is -2.44. The van der Waals surface area contributed by atoms with Crippen LogP contribution in [0.15, 0.2) is 29.3 Å². The van der Waals surface area contributed by atoms with E-state index in [9.17, 15) is 4.79 Å². The number of rotatable bonds is 6. The average molecular weight is 332 g/mol. The van der Waals surface area contributed by atoms with Crippen molar-refractivity contribution in [3.63, 3.8) is 0 Å². The van der Waals surface area contributed by atoms with Gasteiger partial charge in [0.2, 0.25) is 5.91 Å². The molecule has 1 aromatic carbocycles. The van der Waals surface area contributed by atoms with Gasteiger partial charge >= 0.3 is 0 Å². The fraction of sp³-hybridized carbons (Fsp3) is 0.556. The molecule has 0 aromatic heterocycles. The molecule has 1 saturated heterocycles. The van der Waals surface area contributed by atoms with Crippen LogP contribution in [0.25, 0.3) is 0 Å². The highest BCUT2D eigenvalue weighted by Gasteiger charge is 2.25. The third kappa shape index (κ3) is 5.23. The minimum Gasteiger partial charge on any atom is -0.380 e. The van der Waals surface area contributed by atoms with Crippen molar-refractivity contribution in [1.82, 2.24) is 15.5 Å². The number of aliphatic imine (C=N–C) groups is 1. The predicted octanol–water partition coefficient (Wildman–Crippen LogP) is 1.51. The smallest absolute Gasteiger partial charge is 0.222 e. The van der Waals surface area contributed by atoms with Gasteiger partial charge in [-0.05, 0) is 17.5 Å². The molecule has 24 heavy (non-hydrogen) atoms. The number of hydrogen-bond donors (Lipinski definition) is 2. The summed E-state index contributed by atoms with van der Waals surface area (Å²) < 4.78 is 5.17. The summed E-state index contributed by atoms with van der Waals surface area (Å²) in [7, 11) is 3.46. The normalized spacial score (nSPS) is 17.9. The second-order valence-electron chi connectivity index (χ2n) is 6.00. The van der Waals surface area contributed by atoms with E-state index >= 15 is 0 Å². The highest BCUT2D eigenvalue weighted by molar-refractivity contribution is 5.80. The van der Waals surface area contributed by atoms with Gasteiger partial charge in [-0.25, -0.2) is 0 Å². The van der Waals surface area contributed by atoms with Gasteiger partial charge in [0, 0.05) is 46.3 Å². The van der Waals surface area contributed by atoms with Crippen LogP contribution in [0.3, 0.4) is 0 Å². The number of likely N-dealkylation sites (tertiary alicyclic amines) is 1. The van der Waals surface area contributed by atoms with Crippen LogP contribution in [0.5, 0.6) is 0 Å². The second-order valence-corrected chi connectivity index (χ2v) is 6.00. The molecular formula is C18H28N4O2. The summed E-state index contributed by atoms with van der Waals surface area (Å²) >= 11 is 0. The largest absolute Gasteiger partial charge is 0.380 e. The molecule has 2 rings (SSSR count). The molecule has 0 bridgehead atoms. The van der Waals surface area contributed by atoms with E-state index in [4.69, 9.17) is 4.74 Å². The van der Waals surface area contributed by atoms with Gasteiger partial charge in [-0.1, -0.05) is 31.2 Å². The van der Waals surface area contributed by atoms with Crippen molar-refractivity contribution in [1.29, 1.82) is 0 Å². The van der Waals surface area contributed by atoms with Crippen molar-refractivity contribution in [3.8, 4) is 0 Å². The van der Waals surface area contributed by atoms with Gasteiger partial charge in [0.25, 0.3) is 0 Å². The summed E-state index contributed by atoms with van der Waals surface area (Å²) in [5, 5.41) is 6.74. The lowest BCUT2D eigenvalue weighted by Gasteiger charge is -2.19. The summed E-state index contributed by atoms with van der Waals surface area (Å²) in [5.41, 5.74) is 2.34. The van der Waals surface area contributed by atoms with E-state index in [1.165, 1.54) is 5.56 Å². The maximum atomic E-state index is 11.8. The highest BCUT2D eigenvalue weighted by Crippen LogP contribution is 2.10.